The van der Waals surface area contributed by atoms with E-state index in [4.69, 9.17) is 10.5 Å². The molecular weight excluding hydrogens is 310 g/mol. The van der Waals surface area contributed by atoms with Crippen molar-refractivity contribution >= 4 is 32.8 Å². The number of nitrogens with one attached hydrogen (secondary N) is 1. The molecule has 3 aromatic rings. The van der Waals surface area contributed by atoms with Crippen LogP contribution in [0.4, 0.5) is 5.69 Å². The number of nitrogens with two attached hydrogens (primary N) is 1. The second-order valence-electron chi connectivity index (χ2n) is 5.33. The van der Waals surface area contributed by atoms with Gasteiger partial charge < -0.3 is 15.5 Å². The topological polar surface area (TPSA) is 81.0 Å². The number of nitrogen functional groups attached to an aromatic ring is 1. The van der Waals surface area contributed by atoms with Crippen molar-refractivity contribution in [2.24, 2.45) is 0 Å². The van der Waals surface area contributed by atoms with Crippen LogP contribution in [0.15, 0.2) is 30.3 Å². The summed E-state index contributed by atoms with van der Waals surface area (Å²) < 4.78 is 17.3. The van der Waals surface area contributed by atoms with Crippen molar-refractivity contribution in [2.75, 3.05) is 12.8 Å². The lowest BCUT2D eigenvalue weighted by molar-refractivity contribution is 0.408. The lowest BCUT2D eigenvalue weighted by atomic mass is 9.98. The van der Waals surface area contributed by atoms with E-state index in [-0.39, 0.29) is 0 Å². The van der Waals surface area contributed by atoms with Crippen LogP contribution >= 0.6 is 0 Å². The summed E-state index contributed by atoms with van der Waals surface area (Å²) >= 11 is 0.382. The number of anilines is 1. The molecule has 0 aliphatic carbocycles. The van der Waals surface area contributed by atoms with Gasteiger partial charge in [-0.05, 0) is 37.6 Å². The minimum absolute atomic E-state index is 0.382. The molecule has 0 aliphatic heterocycles. The average molecular weight is 327 g/mol. The first-order valence-electron chi connectivity index (χ1n) is 7.12. The van der Waals surface area contributed by atoms with Crippen LogP contribution in [0.2, 0.25) is 0 Å². The summed E-state index contributed by atoms with van der Waals surface area (Å²) in [6, 6.07) is 9.47. The zero-order valence-electron chi connectivity index (χ0n) is 13.1. The summed E-state index contributed by atoms with van der Waals surface area (Å²) in [7, 11) is 1.61. The number of hydrogen-bond acceptors (Lipinski definition) is 4. The molecular formula is C17H17N3O2S. The molecule has 0 spiro atoms. The van der Waals surface area contributed by atoms with Crippen molar-refractivity contribution in [2.45, 2.75) is 13.8 Å². The molecule has 23 heavy (non-hydrogen) atoms. The number of imidazole rings is 1. The second-order valence-corrected chi connectivity index (χ2v) is 5.91. The lowest BCUT2D eigenvalue weighted by Crippen LogP contribution is -2.12. The van der Waals surface area contributed by atoms with E-state index < -0.39 is 0 Å². The minimum Gasteiger partial charge on any atom is -0.496 e. The van der Waals surface area contributed by atoms with Gasteiger partial charge in [0, 0.05) is 16.8 Å². The maximum Gasteiger partial charge on any atom is 0.152 e. The van der Waals surface area contributed by atoms with Crippen molar-refractivity contribution in [3.05, 3.63) is 52.8 Å². The van der Waals surface area contributed by atoms with Crippen LogP contribution in [0, 0.1) is 13.8 Å². The van der Waals surface area contributed by atoms with E-state index in [9.17, 15) is 4.21 Å². The third-order valence-corrected chi connectivity index (χ3v) is 4.42. The molecule has 5 nitrogen and oxygen atoms in total. The normalized spacial score (nSPS) is 10.7. The molecule has 0 saturated carbocycles. The van der Waals surface area contributed by atoms with E-state index in [2.05, 4.69) is 9.97 Å². The zero-order valence-corrected chi connectivity index (χ0v) is 14.0. The summed E-state index contributed by atoms with van der Waals surface area (Å²) in [5, 5.41) is 0. The molecule has 0 bridgehead atoms. The van der Waals surface area contributed by atoms with E-state index in [1.165, 1.54) is 0 Å². The minimum atomic E-state index is 0.382. The van der Waals surface area contributed by atoms with Crippen LogP contribution in [0.1, 0.15) is 22.5 Å². The number of nitrogens with zero attached hydrogens (tertiary/aromatic N) is 1. The Labute approximate surface area is 137 Å². The molecule has 3 N–H and O–H groups in total. The van der Waals surface area contributed by atoms with Gasteiger partial charge >= 0.3 is 0 Å². The number of H-pyrrole nitrogens is 1. The first-order chi connectivity index (χ1) is 11.1. The van der Waals surface area contributed by atoms with Gasteiger partial charge in [-0.15, -0.1) is 0 Å². The highest BCUT2D eigenvalue weighted by molar-refractivity contribution is 7.67. The SMILES string of the molecule is COc1c(C)cc(N)c(C(=S=O)c2nc3ccccc3[nH]2)c1C. The molecule has 1 heterocycles. The van der Waals surface area contributed by atoms with E-state index in [1.54, 1.807) is 7.11 Å². The van der Waals surface area contributed by atoms with E-state index >= 15 is 0 Å². The summed E-state index contributed by atoms with van der Waals surface area (Å²) in [6.45, 7) is 3.83. The predicted octanol–water partition coefficient (Wildman–Crippen LogP) is 2.55. The highest BCUT2D eigenvalue weighted by atomic mass is 32.1. The third kappa shape index (κ3) is 2.51. The van der Waals surface area contributed by atoms with Crippen LogP contribution in [-0.4, -0.2) is 26.2 Å². The molecule has 0 amide bonds. The van der Waals surface area contributed by atoms with Crippen LogP contribution in [0.3, 0.4) is 0 Å². The van der Waals surface area contributed by atoms with E-state index in [0.29, 0.717) is 33.2 Å². The van der Waals surface area contributed by atoms with Crippen LogP contribution in [0.5, 0.6) is 5.75 Å². The Hall–Kier alpha value is -2.60. The number of aromatic nitrogens is 2. The van der Waals surface area contributed by atoms with Crippen molar-refractivity contribution in [1.29, 1.82) is 0 Å². The molecule has 118 valence electrons. The summed E-state index contributed by atoms with van der Waals surface area (Å²) in [5.41, 5.74) is 10.9. The Morgan fingerprint density at radius 3 is 2.70 bits per heavy atom. The molecule has 0 fully saturated rings. The Bertz CT molecular complexity index is 923. The van der Waals surface area contributed by atoms with Gasteiger partial charge in [0.1, 0.15) is 21.9 Å². The number of ether oxygens (including phenoxy) is 1. The van der Waals surface area contributed by atoms with E-state index in [0.717, 1.165) is 27.9 Å². The number of benzene rings is 2. The second kappa shape index (κ2) is 5.89. The number of rotatable bonds is 3. The standard InChI is InChI=1S/C17H17N3O2S/c1-9-8-11(18)14(10(2)15(9)22-3)16(23-21)17-19-12-6-4-5-7-13(12)20-17/h4-8H,18H2,1-3H3,(H,19,20). The number of aryl methyl sites for hydroxylation is 1. The van der Waals surface area contributed by atoms with Crippen LogP contribution in [-0.2, 0) is 11.3 Å². The Morgan fingerprint density at radius 1 is 1.30 bits per heavy atom. The van der Waals surface area contributed by atoms with Crippen molar-refractivity contribution in [3.63, 3.8) is 0 Å². The number of hydrogen-bond donors (Lipinski definition) is 2. The number of aromatic amines is 1. The quantitative estimate of drug-likeness (QED) is 0.440. The fraction of sp³-hybridized carbons (Fsp3) is 0.176. The number of para-hydroxylation sites is 2. The smallest absolute Gasteiger partial charge is 0.152 e. The maximum atomic E-state index is 11.8. The molecule has 6 heteroatoms. The zero-order chi connectivity index (χ0) is 16.6. The van der Waals surface area contributed by atoms with Gasteiger partial charge in [0.05, 0.1) is 18.1 Å². The molecule has 3 rings (SSSR count). The van der Waals surface area contributed by atoms with E-state index in [1.807, 2.05) is 44.2 Å². The average Bonchev–Trinajstić information content (AvgIpc) is 2.95. The monoisotopic (exact) mass is 327 g/mol. The summed E-state index contributed by atoms with van der Waals surface area (Å²) in [6.07, 6.45) is 0. The largest absolute Gasteiger partial charge is 0.496 e. The maximum absolute atomic E-state index is 11.8. The van der Waals surface area contributed by atoms with Gasteiger partial charge in [-0.3, -0.25) is 0 Å². The Balaban J connectivity index is 2.25. The first-order valence-corrected chi connectivity index (χ1v) is 7.87. The van der Waals surface area contributed by atoms with Gasteiger partial charge in [0.15, 0.2) is 5.82 Å². The molecule has 0 aliphatic rings. The molecule has 0 atom stereocenters. The van der Waals surface area contributed by atoms with Gasteiger partial charge in [0.2, 0.25) is 0 Å². The van der Waals surface area contributed by atoms with Crippen LogP contribution < -0.4 is 10.5 Å². The molecule has 0 saturated heterocycles. The molecule has 0 unspecified atom stereocenters. The van der Waals surface area contributed by atoms with Gasteiger partial charge in [-0.2, -0.15) is 0 Å². The highest BCUT2D eigenvalue weighted by Crippen LogP contribution is 2.32. The molecule has 0 radical (unpaired) electrons. The predicted molar refractivity (Wildman–Crippen MR) is 94.3 cm³/mol. The number of fused-ring (bicyclic) bond motifs is 1. The number of methoxy groups -OCH3 is 1. The van der Waals surface area contributed by atoms with Crippen molar-refractivity contribution < 1.29 is 8.95 Å². The molecule has 1 aromatic heterocycles. The summed E-state index contributed by atoms with van der Waals surface area (Å²) in [4.78, 5) is 8.16. The van der Waals surface area contributed by atoms with Gasteiger partial charge in [-0.25, -0.2) is 9.19 Å². The molecule has 2 aromatic carbocycles. The highest BCUT2D eigenvalue weighted by Gasteiger charge is 2.20. The Kier molecular flexibility index (Phi) is 3.92. The fourth-order valence-corrected chi connectivity index (χ4v) is 3.40. The summed E-state index contributed by atoms with van der Waals surface area (Å²) in [5.74, 6) is 1.25. The van der Waals surface area contributed by atoms with Crippen molar-refractivity contribution in [1.82, 2.24) is 9.97 Å². The fourth-order valence-electron chi connectivity index (χ4n) is 2.87. The lowest BCUT2D eigenvalue weighted by Gasteiger charge is -2.15. The van der Waals surface area contributed by atoms with Crippen LogP contribution in [0.25, 0.3) is 11.0 Å². The van der Waals surface area contributed by atoms with Gasteiger partial charge in [-0.1, -0.05) is 12.1 Å². The Morgan fingerprint density at radius 2 is 2.04 bits per heavy atom. The van der Waals surface area contributed by atoms with Gasteiger partial charge in [0.25, 0.3) is 0 Å². The first kappa shape index (κ1) is 15.3. The third-order valence-electron chi connectivity index (χ3n) is 3.85. The van der Waals surface area contributed by atoms with Crippen molar-refractivity contribution in [3.8, 4) is 5.75 Å².